The van der Waals surface area contributed by atoms with E-state index in [1.54, 1.807) is 43.2 Å². The Hall–Kier alpha value is -4.54. The number of hydrogen-bond acceptors (Lipinski definition) is 11. The lowest BCUT2D eigenvalue weighted by atomic mass is 9.95. The van der Waals surface area contributed by atoms with E-state index in [-0.39, 0.29) is 16.9 Å². The van der Waals surface area contributed by atoms with Gasteiger partial charge in [0.15, 0.2) is 5.82 Å². The second kappa shape index (κ2) is 16.2. The van der Waals surface area contributed by atoms with Gasteiger partial charge in [-0.15, -0.1) is 0 Å². The van der Waals surface area contributed by atoms with E-state index in [4.69, 9.17) is 21.4 Å². The van der Waals surface area contributed by atoms with Crippen LogP contribution in [0.15, 0.2) is 42.6 Å². The third kappa shape index (κ3) is 9.42. The molecule has 1 aromatic heterocycles. The summed E-state index contributed by atoms with van der Waals surface area (Å²) in [5.74, 6) is 1.57. The summed E-state index contributed by atoms with van der Waals surface area (Å²) in [6.07, 6.45) is 3.49. The lowest BCUT2D eigenvalue weighted by molar-refractivity contribution is -0.134. The van der Waals surface area contributed by atoms with Gasteiger partial charge >= 0.3 is 6.09 Å². The fraction of sp³-hybridized carbons (Fsp3) is 0.471. The molecule has 15 nitrogen and oxygen atoms in total. The molecule has 0 bridgehead atoms. The number of aromatic nitrogens is 2. The van der Waals surface area contributed by atoms with Crippen LogP contribution in [0.1, 0.15) is 25.3 Å². The molecule has 0 spiro atoms. The second-order valence-electron chi connectivity index (χ2n) is 13.0. The Kier molecular flexibility index (Phi) is 12.0. The van der Waals surface area contributed by atoms with Crippen molar-refractivity contribution in [1.82, 2.24) is 25.1 Å². The number of halogens is 1. The number of anilines is 6. The van der Waals surface area contributed by atoms with Crippen molar-refractivity contribution >= 4 is 68.1 Å². The minimum absolute atomic E-state index is 0.182. The van der Waals surface area contributed by atoms with Gasteiger partial charge in [0.05, 0.1) is 36.6 Å². The average molecular weight is 744 g/mol. The summed E-state index contributed by atoms with van der Waals surface area (Å²) in [6.45, 7) is 9.17. The van der Waals surface area contributed by atoms with Gasteiger partial charge in [-0.1, -0.05) is 23.7 Å². The SMILES string of the molecule is COc1cc(N2CCC(CN3CCN(C(=O)[C@H](C)NC(=O)O)CC3)CC2)c(C)cc1Nc1ncc(Cl)c(Nc2ccccc2N(C)S(C)(=O)=O)n1. The number of piperazine rings is 1. The number of benzene rings is 2. The molecule has 2 aliphatic rings. The molecule has 51 heavy (non-hydrogen) atoms. The minimum atomic E-state index is -3.50. The fourth-order valence-electron chi connectivity index (χ4n) is 6.47. The van der Waals surface area contributed by atoms with Crippen LogP contribution in [0.2, 0.25) is 5.02 Å². The quantitative estimate of drug-likeness (QED) is 0.207. The maximum absolute atomic E-state index is 12.6. The van der Waals surface area contributed by atoms with E-state index in [0.717, 1.165) is 63.1 Å². The van der Waals surface area contributed by atoms with Crippen molar-refractivity contribution in [3.63, 3.8) is 0 Å². The van der Waals surface area contributed by atoms with E-state index in [9.17, 15) is 18.0 Å². The van der Waals surface area contributed by atoms with Gasteiger partial charge in [0, 0.05) is 64.6 Å². The first-order chi connectivity index (χ1) is 24.2. The van der Waals surface area contributed by atoms with Gasteiger partial charge in [-0.2, -0.15) is 4.98 Å². The lowest BCUT2D eigenvalue weighted by Crippen LogP contribution is -2.54. The summed E-state index contributed by atoms with van der Waals surface area (Å²) < 4.78 is 31.4. The van der Waals surface area contributed by atoms with Crippen molar-refractivity contribution in [2.75, 3.05) is 86.1 Å². The Morgan fingerprint density at radius 3 is 2.41 bits per heavy atom. The Labute approximate surface area is 304 Å². The second-order valence-corrected chi connectivity index (χ2v) is 15.4. The number of ether oxygens (including phenoxy) is 1. The van der Waals surface area contributed by atoms with E-state index in [2.05, 4.69) is 42.6 Å². The first kappa shape index (κ1) is 37.7. The van der Waals surface area contributed by atoms with E-state index >= 15 is 0 Å². The van der Waals surface area contributed by atoms with E-state index in [1.165, 1.54) is 17.5 Å². The lowest BCUT2D eigenvalue weighted by Gasteiger charge is -2.40. The molecule has 3 heterocycles. The zero-order valence-corrected chi connectivity index (χ0v) is 31.1. The highest BCUT2D eigenvalue weighted by Gasteiger charge is 2.29. The van der Waals surface area contributed by atoms with Crippen LogP contribution in [0.3, 0.4) is 0 Å². The Morgan fingerprint density at radius 1 is 1.08 bits per heavy atom. The molecule has 0 radical (unpaired) electrons. The number of carboxylic acid groups (broad SMARTS) is 1. The molecule has 276 valence electrons. The van der Waals surface area contributed by atoms with Crippen LogP contribution >= 0.6 is 11.6 Å². The first-order valence-electron chi connectivity index (χ1n) is 16.8. The van der Waals surface area contributed by atoms with Gasteiger partial charge in [0.2, 0.25) is 21.9 Å². The molecule has 2 amide bonds. The molecule has 0 aliphatic carbocycles. The molecule has 1 atom stereocenters. The number of methoxy groups -OCH3 is 1. The Bertz CT molecular complexity index is 1830. The van der Waals surface area contributed by atoms with Crippen molar-refractivity contribution in [2.45, 2.75) is 32.7 Å². The number of sulfonamides is 1. The maximum atomic E-state index is 12.6. The highest BCUT2D eigenvalue weighted by Crippen LogP contribution is 2.37. The third-order valence-corrected chi connectivity index (χ3v) is 10.8. The number of rotatable bonds is 12. The van der Waals surface area contributed by atoms with Crippen LogP contribution < -0.4 is 29.9 Å². The van der Waals surface area contributed by atoms with Gasteiger partial charge in [0.1, 0.15) is 16.8 Å². The number of piperidine rings is 1. The molecule has 5 rings (SSSR count). The molecular formula is C34H46ClN9O6S. The number of carbonyl (C=O) groups excluding carboxylic acids is 1. The topological polar surface area (TPSA) is 173 Å². The van der Waals surface area contributed by atoms with E-state index < -0.39 is 22.2 Å². The summed E-state index contributed by atoms with van der Waals surface area (Å²) in [5, 5.41) is 17.8. The van der Waals surface area contributed by atoms with Crippen molar-refractivity contribution < 1.29 is 27.9 Å². The van der Waals surface area contributed by atoms with Crippen molar-refractivity contribution in [2.24, 2.45) is 5.92 Å². The van der Waals surface area contributed by atoms with Crippen LogP contribution in [0, 0.1) is 12.8 Å². The molecule has 2 saturated heterocycles. The van der Waals surface area contributed by atoms with Crippen LogP contribution in [0.5, 0.6) is 5.75 Å². The molecule has 2 fully saturated rings. The van der Waals surface area contributed by atoms with Crippen molar-refractivity contribution in [3.8, 4) is 5.75 Å². The third-order valence-electron chi connectivity index (χ3n) is 9.37. The van der Waals surface area contributed by atoms with Crippen LogP contribution in [0.4, 0.5) is 39.3 Å². The van der Waals surface area contributed by atoms with E-state index in [0.29, 0.717) is 47.6 Å². The maximum Gasteiger partial charge on any atom is 0.405 e. The highest BCUT2D eigenvalue weighted by atomic mass is 35.5. The monoisotopic (exact) mass is 743 g/mol. The minimum Gasteiger partial charge on any atom is -0.494 e. The van der Waals surface area contributed by atoms with Crippen LogP contribution in [0.25, 0.3) is 0 Å². The average Bonchev–Trinajstić information content (AvgIpc) is 3.09. The van der Waals surface area contributed by atoms with Gasteiger partial charge in [-0.25, -0.2) is 18.2 Å². The normalized spacial score (nSPS) is 16.4. The van der Waals surface area contributed by atoms with Gasteiger partial charge in [-0.05, 0) is 56.4 Å². The predicted octanol–water partition coefficient (Wildman–Crippen LogP) is 4.35. The standard InChI is InChI=1S/C34H46ClN9O6S/c1-22-18-27(39-33-36-20-25(35)31(40-33)38-26-8-6-7-9-28(26)41(3)51(5,48)49)30(50-4)19-29(22)43-12-10-24(11-13-43)21-42-14-16-44(17-15-42)32(45)23(2)37-34(46)47/h6-9,18-20,23-24,37H,10-17,21H2,1-5H3,(H,46,47)(H2,36,38,39,40)/t23-/m0/s1. The summed E-state index contributed by atoms with van der Waals surface area (Å²) in [6, 6.07) is 10.3. The summed E-state index contributed by atoms with van der Waals surface area (Å²) in [4.78, 5) is 38.9. The van der Waals surface area contributed by atoms with Crippen LogP contribution in [-0.4, -0.2) is 118 Å². The summed E-state index contributed by atoms with van der Waals surface area (Å²) in [5.41, 5.74) is 3.79. The molecule has 0 saturated carbocycles. The smallest absolute Gasteiger partial charge is 0.405 e. The highest BCUT2D eigenvalue weighted by molar-refractivity contribution is 7.92. The molecule has 2 aliphatic heterocycles. The number of carbonyl (C=O) groups is 2. The van der Waals surface area contributed by atoms with E-state index in [1.807, 2.05) is 12.1 Å². The number of amides is 2. The molecular weight excluding hydrogens is 698 g/mol. The molecule has 0 unspecified atom stereocenters. The number of hydrogen-bond donors (Lipinski definition) is 4. The largest absolute Gasteiger partial charge is 0.494 e. The predicted molar refractivity (Wildman–Crippen MR) is 200 cm³/mol. The Balaban J connectivity index is 1.19. The summed E-state index contributed by atoms with van der Waals surface area (Å²) >= 11 is 6.45. The molecule has 17 heteroatoms. The number of nitrogens with zero attached hydrogens (tertiary/aromatic N) is 6. The number of para-hydroxylation sites is 2. The molecule has 4 N–H and O–H groups in total. The number of nitrogens with one attached hydrogen (secondary N) is 3. The zero-order chi connectivity index (χ0) is 36.9. The zero-order valence-electron chi connectivity index (χ0n) is 29.5. The Morgan fingerprint density at radius 2 is 1.76 bits per heavy atom. The molecule has 3 aromatic rings. The summed E-state index contributed by atoms with van der Waals surface area (Å²) in [7, 11) is -0.402. The fourth-order valence-corrected chi connectivity index (χ4v) is 7.13. The van der Waals surface area contributed by atoms with Gasteiger partial charge in [-0.3, -0.25) is 14.0 Å². The first-order valence-corrected chi connectivity index (χ1v) is 19.0. The molecule has 2 aromatic carbocycles. The van der Waals surface area contributed by atoms with Gasteiger partial charge in [0.25, 0.3) is 0 Å². The number of aryl methyl sites for hydroxylation is 1. The van der Waals surface area contributed by atoms with Gasteiger partial charge < -0.3 is 35.6 Å². The van der Waals surface area contributed by atoms with Crippen molar-refractivity contribution in [3.05, 3.63) is 53.2 Å². The van der Waals surface area contributed by atoms with Crippen LogP contribution in [-0.2, 0) is 14.8 Å². The van der Waals surface area contributed by atoms with Crippen molar-refractivity contribution in [1.29, 1.82) is 0 Å².